The lowest BCUT2D eigenvalue weighted by molar-refractivity contribution is 0.0715. The second kappa shape index (κ2) is 7.11. The first-order valence-corrected chi connectivity index (χ1v) is 10.2. The van der Waals surface area contributed by atoms with Gasteiger partial charge >= 0.3 is 0 Å². The number of methoxy groups -OCH3 is 1. The molecule has 10 heteroatoms. The number of carbonyl (C=O) groups is 1. The highest BCUT2D eigenvalue weighted by atomic mass is 35.5. The molecular weight excluding hydrogens is 401 g/mol. The second-order valence-corrected chi connectivity index (χ2v) is 8.55. The quantitative estimate of drug-likeness (QED) is 0.696. The Kier molecular flexibility index (Phi) is 5.21. The third kappa shape index (κ3) is 3.55. The molecule has 0 radical (unpaired) electrons. The molecular formula is C16H15Cl2N3O4S. The molecule has 1 aromatic carbocycles. The van der Waals surface area contributed by atoms with Crippen molar-refractivity contribution in [2.45, 2.75) is 11.7 Å². The van der Waals surface area contributed by atoms with E-state index in [0.717, 1.165) is 6.26 Å². The van der Waals surface area contributed by atoms with Gasteiger partial charge in [0.05, 0.1) is 23.9 Å². The Balaban J connectivity index is 2.21. The zero-order chi connectivity index (χ0) is 19.1. The first kappa shape index (κ1) is 19.0. The second-order valence-electron chi connectivity index (χ2n) is 5.80. The third-order valence-electron chi connectivity index (χ3n) is 3.91. The molecule has 0 fully saturated rings. The predicted molar refractivity (Wildman–Crippen MR) is 97.2 cm³/mol. The summed E-state index contributed by atoms with van der Waals surface area (Å²) < 4.78 is 29.0. The number of amides is 1. The zero-order valence-corrected chi connectivity index (χ0v) is 16.3. The minimum absolute atomic E-state index is 0.0672. The monoisotopic (exact) mass is 415 g/mol. The van der Waals surface area contributed by atoms with E-state index in [0.29, 0.717) is 40.0 Å². The van der Waals surface area contributed by atoms with Crippen molar-refractivity contribution in [3.8, 4) is 11.3 Å². The predicted octanol–water partition coefficient (Wildman–Crippen LogP) is 2.46. The van der Waals surface area contributed by atoms with E-state index < -0.39 is 15.0 Å². The van der Waals surface area contributed by atoms with E-state index in [-0.39, 0.29) is 18.1 Å². The summed E-state index contributed by atoms with van der Waals surface area (Å²) >= 11 is 12.2. The summed E-state index contributed by atoms with van der Waals surface area (Å²) in [5.41, 5.74) is 1.40. The Labute approximate surface area is 160 Å². The van der Waals surface area contributed by atoms with Crippen LogP contribution in [0.2, 0.25) is 10.0 Å². The molecule has 0 bridgehead atoms. The normalized spacial score (nSPS) is 14.0. The first-order chi connectivity index (χ1) is 12.2. The maximum absolute atomic E-state index is 12.6. The highest BCUT2D eigenvalue weighted by Gasteiger charge is 2.34. The maximum Gasteiger partial charge on any atom is 0.273 e. The van der Waals surface area contributed by atoms with E-state index in [4.69, 9.17) is 27.9 Å². The lowest BCUT2D eigenvalue weighted by atomic mass is 10.1. The van der Waals surface area contributed by atoms with Gasteiger partial charge in [0, 0.05) is 36.1 Å². The van der Waals surface area contributed by atoms with Crippen LogP contribution in [0.5, 0.6) is 0 Å². The van der Waals surface area contributed by atoms with E-state index in [1.165, 1.54) is 18.1 Å². The van der Waals surface area contributed by atoms with Crippen molar-refractivity contribution in [1.29, 1.82) is 0 Å². The smallest absolute Gasteiger partial charge is 0.273 e. The van der Waals surface area contributed by atoms with Gasteiger partial charge in [-0.25, -0.2) is 18.4 Å². The van der Waals surface area contributed by atoms with Gasteiger partial charge in [0.15, 0.2) is 0 Å². The number of fused-ring (bicyclic) bond motifs is 1. The van der Waals surface area contributed by atoms with Crippen LogP contribution in [0.3, 0.4) is 0 Å². The van der Waals surface area contributed by atoms with Gasteiger partial charge in [-0.3, -0.25) is 4.79 Å². The number of ether oxygens (including phenoxy) is 1. The summed E-state index contributed by atoms with van der Waals surface area (Å²) in [5, 5.41) is 0.324. The van der Waals surface area contributed by atoms with Crippen LogP contribution in [0.25, 0.3) is 11.3 Å². The van der Waals surface area contributed by atoms with Crippen LogP contribution in [-0.2, 0) is 21.1 Å². The molecule has 138 valence electrons. The van der Waals surface area contributed by atoms with Crippen molar-refractivity contribution in [1.82, 2.24) is 14.9 Å². The molecule has 26 heavy (non-hydrogen) atoms. The number of hydrogen-bond acceptors (Lipinski definition) is 6. The lowest BCUT2D eigenvalue weighted by Crippen LogP contribution is -2.27. The molecule has 0 N–H and O–H groups in total. The Morgan fingerprint density at radius 1 is 1.23 bits per heavy atom. The van der Waals surface area contributed by atoms with E-state index in [2.05, 4.69) is 9.97 Å². The van der Waals surface area contributed by atoms with Gasteiger partial charge in [0.1, 0.15) is 5.69 Å². The Morgan fingerprint density at radius 3 is 2.54 bits per heavy atom. The van der Waals surface area contributed by atoms with Crippen molar-refractivity contribution < 1.29 is 17.9 Å². The van der Waals surface area contributed by atoms with Crippen molar-refractivity contribution in [3.05, 3.63) is 39.5 Å². The van der Waals surface area contributed by atoms with Gasteiger partial charge in [-0.05, 0) is 18.2 Å². The third-order valence-corrected chi connectivity index (χ3v) is 5.30. The molecule has 1 aromatic heterocycles. The summed E-state index contributed by atoms with van der Waals surface area (Å²) in [5.74, 6) is -0.365. The fourth-order valence-electron chi connectivity index (χ4n) is 2.65. The fourth-order valence-corrected chi connectivity index (χ4v) is 3.67. The molecule has 1 aliphatic heterocycles. The maximum atomic E-state index is 12.6. The average molecular weight is 416 g/mol. The van der Waals surface area contributed by atoms with E-state index in [1.807, 2.05) is 0 Å². The molecule has 7 nitrogen and oxygen atoms in total. The summed E-state index contributed by atoms with van der Waals surface area (Å²) in [6.45, 7) is 0.951. The van der Waals surface area contributed by atoms with Crippen LogP contribution in [0.4, 0.5) is 0 Å². The van der Waals surface area contributed by atoms with Crippen molar-refractivity contribution >= 4 is 38.9 Å². The molecule has 0 unspecified atom stereocenters. The van der Waals surface area contributed by atoms with Crippen LogP contribution >= 0.6 is 23.2 Å². The SMILES string of the molecule is COCCN1Cc2c(nc(S(C)(=O)=O)nc2-c2ccc(Cl)cc2Cl)C1=O. The van der Waals surface area contributed by atoms with Gasteiger partial charge in [0.2, 0.25) is 15.0 Å². The molecule has 0 spiro atoms. The minimum atomic E-state index is -3.72. The largest absolute Gasteiger partial charge is 0.383 e. The summed E-state index contributed by atoms with van der Waals surface area (Å²) in [6, 6.07) is 4.80. The van der Waals surface area contributed by atoms with Gasteiger partial charge in [-0.2, -0.15) is 0 Å². The molecule has 2 aromatic rings. The van der Waals surface area contributed by atoms with E-state index >= 15 is 0 Å². The number of sulfone groups is 1. The number of rotatable bonds is 5. The van der Waals surface area contributed by atoms with Gasteiger partial charge in [-0.15, -0.1) is 0 Å². The van der Waals surface area contributed by atoms with Crippen molar-refractivity contribution in [3.63, 3.8) is 0 Å². The lowest BCUT2D eigenvalue weighted by Gasteiger charge is -2.14. The number of halogens is 2. The van der Waals surface area contributed by atoms with Crippen LogP contribution < -0.4 is 0 Å². The molecule has 3 rings (SSSR count). The van der Waals surface area contributed by atoms with Gasteiger partial charge in [0.25, 0.3) is 5.91 Å². The van der Waals surface area contributed by atoms with Crippen molar-refractivity contribution in [2.24, 2.45) is 0 Å². The Bertz CT molecular complexity index is 995. The Hall–Kier alpha value is -1.74. The summed E-state index contributed by atoms with van der Waals surface area (Å²) in [7, 11) is -2.18. The number of aromatic nitrogens is 2. The molecule has 0 saturated heterocycles. The number of carbonyl (C=O) groups excluding carboxylic acids is 1. The number of nitrogens with zero attached hydrogens (tertiary/aromatic N) is 3. The average Bonchev–Trinajstić information content (AvgIpc) is 2.88. The molecule has 2 heterocycles. The molecule has 1 amide bonds. The van der Waals surface area contributed by atoms with Gasteiger partial charge in [-0.1, -0.05) is 23.2 Å². The molecule has 0 saturated carbocycles. The summed E-state index contributed by atoms with van der Waals surface area (Å²) in [4.78, 5) is 22.4. The molecule has 1 aliphatic rings. The highest BCUT2D eigenvalue weighted by Crippen LogP contribution is 2.35. The van der Waals surface area contributed by atoms with Crippen LogP contribution in [0, 0.1) is 0 Å². The van der Waals surface area contributed by atoms with E-state index in [9.17, 15) is 13.2 Å². The number of benzene rings is 1. The van der Waals surface area contributed by atoms with Gasteiger partial charge < -0.3 is 9.64 Å². The Morgan fingerprint density at radius 2 is 1.92 bits per heavy atom. The van der Waals surface area contributed by atoms with Crippen molar-refractivity contribution in [2.75, 3.05) is 26.5 Å². The summed E-state index contributed by atoms with van der Waals surface area (Å²) in [6.07, 6.45) is 0.990. The van der Waals surface area contributed by atoms with Crippen LogP contribution in [0.1, 0.15) is 16.1 Å². The molecule has 0 atom stereocenters. The zero-order valence-electron chi connectivity index (χ0n) is 14.0. The number of hydrogen-bond donors (Lipinski definition) is 0. The topological polar surface area (TPSA) is 89.5 Å². The minimum Gasteiger partial charge on any atom is -0.383 e. The van der Waals surface area contributed by atoms with E-state index in [1.54, 1.807) is 12.1 Å². The van der Waals surface area contributed by atoms with Crippen LogP contribution in [-0.4, -0.2) is 55.7 Å². The molecule has 0 aliphatic carbocycles. The fraction of sp³-hybridized carbons (Fsp3) is 0.312. The van der Waals surface area contributed by atoms with Crippen LogP contribution in [0.15, 0.2) is 23.4 Å². The standard InChI is InChI=1S/C16H15Cl2N3O4S/c1-25-6-5-21-8-11-13(10-4-3-9(17)7-12(10)18)19-16(26(2,23)24)20-14(11)15(21)22/h3-4,7H,5-6,8H2,1-2H3. The first-order valence-electron chi connectivity index (χ1n) is 7.57. The highest BCUT2D eigenvalue weighted by molar-refractivity contribution is 7.90.